The monoisotopic (exact) mass is 528 g/mol. The van der Waals surface area contributed by atoms with E-state index in [9.17, 15) is 26.3 Å². The van der Waals surface area contributed by atoms with E-state index in [1.165, 1.54) is 0 Å². The summed E-state index contributed by atoms with van der Waals surface area (Å²) < 4.78 is 81.0. The van der Waals surface area contributed by atoms with Gasteiger partial charge in [0.2, 0.25) is 5.88 Å². The molecule has 2 aromatic rings. The Bertz CT molecular complexity index is 930. The van der Waals surface area contributed by atoms with Gasteiger partial charge in [0.15, 0.2) is 0 Å². The molecular formula is C21H22F6N2O7. The molecule has 1 aliphatic carbocycles. The van der Waals surface area contributed by atoms with Crippen molar-refractivity contribution in [2.75, 3.05) is 13.2 Å². The molecule has 36 heavy (non-hydrogen) atoms. The molecule has 0 radical (unpaired) electrons. The Hall–Kier alpha value is -3.33. The first-order valence-corrected chi connectivity index (χ1v) is 10.3. The van der Waals surface area contributed by atoms with Crippen LogP contribution < -0.4 is 4.74 Å². The molecular weight excluding hydrogens is 506 g/mol. The van der Waals surface area contributed by atoms with Crippen molar-refractivity contribution in [1.29, 1.82) is 0 Å². The number of morpholine rings is 1. The van der Waals surface area contributed by atoms with Gasteiger partial charge in [0.05, 0.1) is 19.4 Å². The molecule has 200 valence electrons. The van der Waals surface area contributed by atoms with Gasteiger partial charge < -0.3 is 24.1 Å². The van der Waals surface area contributed by atoms with Crippen LogP contribution >= 0.6 is 0 Å². The van der Waals surface area contributed by atoms with Crippen LogP contribution in [0.5, 0.6) is 5.88 Å². The number of furan rings is 1. The van der Waals surface area contributed by atoms with Crippen molar-refractivity contribution in [3.8, 4) is 5.88 Å². The molecule has 2 aliphatic rings. The zero-order valence-electron chi connectivity index (χ0n) is 18.4. The van der Waals surface area contributed by atoms with E-state index in [0.29, 0.717) is 11.9 Å². The number of hydrogen-bond acceptors (Lipinski definition) is 7. The number of carbonyl (C=O) groups is 2. The van der Waals surface area contributed by atoms with Gasteiger partial charge >= 0.3 is 24.3 Å². The summed E-state index contributed by atoms with van der Waals surface area (Å²) in [5.74, 6) is -3.82. The van der Waals surface area contributed by atoms with Crippen molar-refractivity contribution < 1.29 is 60.0 Å². The Kier molecular flexibility index (Phi) is 10.1. The molecule has 3 heterocycles. The highest BCUT2D eigenvalue weighted by atomic mass is 19.4. The molecule has 1 saturated carbocycles. The summed E-state index contributed by atoms with van der Waals surface area (Å²) in [5, 5.41) is 14.2. The summed E-state index contributed by atoms with van der Waals surface area (Å²) in [6, 6.07) is 10.1. The van der Waals surface area contributed by atoms with Gasteiger partial charge in [-0.3, -0.25) is 4.90 Å². The summed E-state index contributed by atoms with van der Waals surface area (Å²) in [4.78, 5) is 24.5. The SMILES string of the molecule is O=C(O)C(F)(F)F.O=C(O)C(F)(F)F.c1ccc(O[C@@H]2CC[C@H]3[C@H]2OCCN3Cc2ccco2)nc1. The van der Waals surface area contributed by atoms with Gasteiger partial charge in [-0.1, -0.05) is 6.07 Å². The van der Waals surface area contributed by atoms with Gasteiger partial charge in [0, 0.05) is 24.8 Å². The highest BCUT2D eigenvalue weighted by Gasteiger charge is 2.44. The fourth-order valence-electron chi connectivity index (χ4n) is 3.49. The van der Waals surface area contributed by atoms with Crippen LogP contribution in [-0.4, -0.2) is 75.8 Å². The molecule has 1 saturated heterocycles. The van der Waals surface area contributed by atoms with Gasteiger partial charge in [-0.05, 0) is 31.0 Å². The second-order valence-corrected chi connectivity index (χ2v) is 7.46. The minimum Gasteiger partial charge on any atom is -0.475 e. The third kappa shape index (κ3) is 9.03. The number of aromatic nitrogens is 1. The Labute approximate surface area is 200 Å². The number of pyridine rings is 1. The lowest BCUT2D eigenvalue weighted by molar-refractivity contribution is -0.193. The third-order valence-corrected chi connectivity index (χ3v) is 4.98. The van der Waals surface area contributed by atoms with E-state index in [2.05, 4.69) is 9.88 Å². The summed E-state index contributed by atoms with van der Waals surface area (Å²) in [6.07, 6.45) is -4.39. The Balaban J connectivity index is 0.000000271. The van der Waals surface area contributed by atoms with Gasteiger partial charge in [0.25, 0.3) is 0 Å². The third-order valence-electron chi connectivity index (χ3n) is 4.98. The minimum atomic E-state index is -5.08. The molecule has 0 spiro atoms. The maximum atomic E-state index is 10.6. The van der Waals surface area contributed by atoms with Crippen molar-refractivity contribution in [3.63, 3.8) is 0 Å². The van der Waals surface area contributed by atoms with Crippen molar-refractivity contribution in [3.05, 3.63) is 48.6 Å². The van der Waals surface area contributed by atoms with E-state index >= 15 is 0 Å². The largest absolute Gasteiger partial charge is 0.490 e. The van der Waals surface area contributed by atoms with Crippen molar-refractivity contribution >= 4 is 11.9 Å². The Morgan fingerprint density at radius 2 is 1.67 bits per heavy atom. The number of hydrogen-bond donors (Lipinski definition) is 2. The topological polar surface area (TPSA) is 122 Å². The molecule has 9 nitrogen and oxygen atoms in total. The van der Waals surface area contributed by atoms with E-state index in [0.717, 1.165) is 38.3 Å². The molecule has 0 amide bonds. The number of rotatable bonds is 4. The number of aliphatic carboxylic acids is 2. The Morgan fingerprint density at radius 1 is 1.03 bits per heavy atom. The van der Waals surface area contributed by atoms with Crippen molar-refractivity contribution in [1.82, 2.24) is 9.88 Å². The highest BCUT2D eigenvalue weighted by Crippen LogP contribution is 2.33. The lowest BCUT2D eigenvalue weighted by atomic mass is 10.1. The summed E-state index contributed by atoms with van der Waals surface area (Å²) in [5.41, 5.74) is 0. The van der Waals surface area contributed by atoms with Gasteiger partial charge in [0.1, 0.15) is 18.0 Å². The van der Waals surface area contributed by atoms with Gasteiger partial charge in [-0.25, -0.2) is 14.6 Å². The average molecular weight is 528 g/mol. The molecule has 15 heteroatoms. The highest BCUT2D eigenvalue weighted by molar-refractivity contribution is 5.73. The molecule has 2 aromatic heterocycles. The number of fused-ring (bicyclic) bond motifs is 1. The van der Waals surface area contributed by atoms with Crippen LogP contribution in [0.2, 0.25) is 0 Å². The Morgan fingerprint density at radius 3 is 2.17 bits per heavy atom. The molecule has 0 unspecified atom stereocenters. The molecule has 2 N–H and O–H groups in total. The fraction of sp³-hybridized carbons (Fsp3) is 0.476. The summed E-state index contributed by atoms with van der Waals surface area (Å²) >= 11 is 0. The zero-order valence-corrected chi connectivity index (χ0v) is 18.4. The maximum Gasteiger partial charge on any atom is 0.490 e. The predicted octanol–water partition coefficient (Wildman–Crippen LogP) is 3.75. The van der Waals surface area contributed by atoms with Gasteiger partial charge in [-0.15, -0.1) is 0 Å². The first-order chi connectivity index (χ1) is 16.8. The zero-order chi connectivity index (χ0) is 26.9. The summed E-state index contributed by atoms with van der Waals surface area (Å²) in [7, 11) is 0. The van der Waals surface area contributed by atoms with Crippen LogP contribution in [-0.2, 0) is 20.9 Å². The predicted molar refractivity (Wildman–Crippen MR) is 108 cm³/mol. The molecule has 1 aliphatic heterocycles. The number of nitrogens with zero attached hydrogens (tertiary/aromatic N) is 2. The second kappa shape index (κ2) is 12.6. The number of carboxylic acid groups (broad SMARTS) is 2. The average Bonchev–Trinajstić information content (AvgIpc) is 3.45. The first-order valence-electron chi connectivity index (χ1n) is 10.3. The van der Waals surface area contributed by atoms with E-state index in [1.807, 2.05) is 30.3 Å². The normalized spacial score (nSPS) is 21.8. The lowest BCUT2D eigenvalue weighted by Crippen LogP contribution is -2.51. The lowest BCUT2D eigenvalue weighted by Gasteiger charge is -2.38. The quantitative estimate of drug-likeness (QED) is 0.572. The van der Waals surface area contributed by atoms with Crippen LogP contribution in [0.15, 0.2) is 47.2 Å². The van der Waals surface area contributed by atoms with Crippen LogP contribution in [0.25, 0.3) is 0 Å². The van der Waals surface area contributed by atoms with Crippen molar-refractivity contribution in [2.45, 2.75) is 50.0 Å². The van der Waals surface area contributed by atoms with Crippen LogP contribution in [0.1, 0.15) is 18.6 Å². The van der Waals surface area contributed by atoms with E-state index in [4.69, 9.17) is 33.7 Å². The molecule has 2 fully saturated rings. The van der Waals surface area contributed by atoms with E-state index in [1.54, 1.807) is 12.5 Å². The number of halogens is 6. The molecule has 0 aromatic carbocycles. The van der Waals surface area contributed by atoms with E-state index < -0.39 is 24.3 Å². The first kappa shape index (κ1) is 28.9. The van der Waals surface area contributed by atoms with Crippen LogP contribution in [0.4, 0.5) is 26.3 Å². The number of carboxylic acids is 2. The molecule has 4 rings (SSSR count). The fourth-order valence-corrected chi connectivity index (χ4v) is 3.49. The van der Waals surface area contributed by atoms with E-state index in [-0.39, 0.29) is 12.2 Å². The smallest absolute Gasteiger partial charge is 0.475 e. The number of alkyl halides is 6. The van der Waals surface area contributed by atoms with Crippen LogP contribution in [0.3, 0.4) is 0 Å². The van der Waals surface area contributed by atoms with Crippen molar-refractivity contribution in [2.24, 2.45) is 0 Å². The van der Waals surface area contributed by atoms with Gasteiger partial charge in [-0.2, -0.15) is 26.3 Å². The minimum absolute atomic E-state index is 0.0827. The van der Waals surface area contributed by atoms with Crippen LogP contribution in [0, 0.1) is 0 Å². The molecule has 3 atom stereocenters. The summed E-state index contributed by atoms with van der Waals surface area (Å²) in [6.45, 7) is 2.52. The maximum absolute atomic E-state index is 10.6. The molecule has 0 bridgehead atoms. The second-order valence-electron chi connectivity index (χ2n) is 7.46. The standard InChI is InChI=1S/C17H20N2O3.2C2HF3O2/c1-2-8-18-16(5-1)22-15-7-6-14-17(15)21-11-9-19(14)12-13-4-3-10-20-13;2*3-2(4,5)1(6)7/h1-5,8,10,14-15,17H,6-7,9,11-12H2;2*(H,6,7)/t14-,15+,17+;;/m0../s1. The number of ether oxygens (including phenoxy) is 2.